The summed E-state index contributed by atoms with van der Waals surface area (Å²) in [6.45, 7) is 4.36. The van der Waals surface area contributed by atoms with Gasteiger partial charge in [-0.15, -0.1) is 0 Å². The van der Waals surface area contributed by atoms with E-state index in [2.05, 4.69) is 6.92 Å². The van der Waals surface area contributed by atoms with Gasteiger partial charge in [-0.05, 0) is 19.8 Å². The number of hydrogen-bond acceptors (Lipinski definition) is 3. The van der Waals surface area contributed by atoms with E-state index in [1.807, 2.05) is 4.90 Å². The largest absolute Gasteiger partial charge is 0.384 e. The van der Waals surface area contributed by atoms with Gasteiger partial charge in [-0.25, -0.2) is 0 Å². The summed E-state index contributed by atoms with van der Waals surface area (Å²) in [5, 5.41) is 0. The summed E-state index contributed by atoms with van der Waals surface area (Å²) in [4.78, 5) is 13.8. The lowest BCUT2D eigenvalue weighted by atomic mass is 9.93. The Morgan fingerprint density at radius 2 is 2.38 bits per heavy atom. The van der Waals surface area contributed by atoms with Gasteiger partial charge in [0.2, 0.25) is 5.91 Å². The molecule has 1 amide bonds. The average Bonchev–Trinajstić information content (AvgIpc) is 2.64. The Balaban J connectivity index is 1.83. The van der Waals surface area contributed by atoms with Crippen LogP contribution in [0.4, 0.5) is 0 Å². The van der Waals surface area contributed by atoms with Crippen LogP contribution in [0.5, 0.6) is 0 Å². The highest BCUT2D eigenvalue weighted by atomic mass is 16.5. The van der Waals surface area contributed by atoms with E-state index in [-0.39, 0.29) is 5.91 Å². The van der Waals surface area contributed by atoms with E-state index in [1.54, 1.807) is 7.11 Å². The molecule has 2 heterocycles. The Morgan fingerprint density at radius 1 is 1.56 bits per heavy atom. The number of carbonyl (C=O) groups is 1. The number of rotatable bonds is 3. The van der Waals surface area contributed by atoms with Crippen molar-refractivity contribution in [2.45, 2.75) is 38.4 Å². The first-order valence-corrected chi connectivity index (χ1v) is 6.13. The number of nitrogens with zero attached hydrogens (tertiary/aromatic N) is 1. The Bertz CT molecular complexity index is 257. The third kappa shape index (κ3) is 2.55. The smallest absolute Gasteiger partial charge is 0.224 e. The topological polar surface area (TPSA) is 38.8 Å². The molecule has 4 heteroatoms. The summed E-state index contributed by atoms with van der Waals surface area (Å²) in [7, 11) is 1.63. The van der Waals surface area contributed by atoms with E-state index in [0.29, 0.717) is 31.2 Å². The molecular weight excluding hydrogens is 206 g/mol. The number of likely N-dealkylation sites (tertiary alicyclic amines) is 1. The fourth-order valence-electron chi connectivity index (χ4n) is 2.77. The molecule has 92 valence electrons. The monoisotopic (exact) mass is 227 g/mol. The first kappa shape index (κ1) is 11.9. The summed E-state index contributed by atoms with van der Waals surface area (Å²) in [5.41, 5.74) is 0. The van der Waals surface area contributed by atoms with Crippen LogP contribution in [0.25, 0.3) is 0 Å². The lowest BCUT2D eigenvalue weighted by Crippen LogP contribution is -2.44. The van der Waals surface area contributed by atoms with Gasteiger partial charge in [-0.1, -0.05) is 0 Å². The van der Waals surface area contributed by atoms with Gasteiger partial charge in [0.05, 0.1) is 25.2 Å². The third-order valence-corrected chi connectivity index (χ3v) is 3.58. The van der Waals surface area contributed by atoms with Gasteiger partial charge in [0.15, 0.2) is 0 Å². The van der Waals surface area contributed by atoms with E-state index < -0.39 is 0 Å². The number of hydrogen-bond donors (Lipinski definition) is 0. The highest BCUT2D eigenvalue weighted by Crippen LogP contribution is 2.32. The highest BCUT2D eigenvalue weighted by Gasteiger charge is 2.38. The van der Waals surface area contributed by atoms with Crippen LogP contribution in [-0.4, -0.2) is 49.8 Å². The third-order valence-electron chi connectivity index (χ3n) is 3.58. The molecule has 0 bridgehead atoms. The molecule has 2 fully saturated rings. The van der Waals surface area contributed by atoms with Crippen molar-refractivity contribution in [2.24, 2.45) is 5.92 Å². The molecule has 2 saturated heterocycles. The lowest BCUT2D eigenvalue weighted by molar-refractivity contribution is -0.135. The fourth-order valence-corrected chi connectivity index (χ4v) is 2.77. The van der Waals surface area contributed by atoms with Crippen molar-refractivity contribution in [3.63, 3.8) is 0 Å². The van der Waals surface area contributed by atoms with E-state index in [1.165, 1.54) is 0 Å². The van der Waals surface area contributed by atoms with Crippen molar-refractivity contribution < 1.29 is 14.3 Å². The molecule has 3 atom stereocenters. The van der Waals surface area contributed by atoms with Crippen molar-refractivity contribution in [2.75, 3.05) is 26.8 Å². The minimum atomic E-state index is 0.222. The molecule has 0 spiro atoms. The number of piperidine rings is 1. The maximum Gasteiger partial charge on any atom is 0.224 e. The highest BCUT2D eigenvalue weighted by molar-refractivity contribution is 5.76. The molecule has 0 radical (unpaired) electrons. The normalized spacial score (nSPS) is 33.9. The minimum absolute atomic E-state index is 0.222. The molecule has 2 aliphatic rings. The van der Waals surface area contributed by atoms with Crippen molar-refractivity contribution in [1.29, 1.82) is 0 Å². The predicted molar refractivity (Wildman–Crippen MR) is 60.1 cm³/mol. The standard InChI is InChI=1S/C12H21NO3/c1-9-7-10-8-13(5-3-11(10)16-9)12(14)4-6-15-2/h9-11H,3-8H2,1-2H3/t9-,10-,11+/m1/s1. The quantitative estimate of drug-likeness (QED) is 0.723. The van der Waals surface area contributed by atoms with Gasteiger partial charge in [-0.3, -0.25) is 4.79 Å². The Morgan fingerprint density at radius 3 is 3.12 bits per heavy atom. The van der Waals surface area contributed by atoms with Crippen molar-refractivity contribution in [3.8, 4) is 0 Å². The van der Waals surface area contributed by atoms with Crippen LogP contribution in [0.3, 0.4) is 0 Å². The van der Waals surface area contributed by atoms with Gasteiger partial charge < -0.3 is 14.4 Å². The predicted octanol–water partition coefficient (Wildman–Crippen LogP) is 1.05. The molecule has 0 unspecified atom stereocenters. The SMILES string of the molecule is COCCC(=O)N1CC[C@@H]2O[C@H](C)C[C@@H]2C1. The van der Waals surface area contributed by atoms with Crippen LogP contribution in [0.2, 0.25) is 0 Å². The number of ether oxygens (including phenoxy) is 2. The summed E-state index contributed by atoms with van der Waals surface area (Å²) in [6, 6.07) is 0. The van der Waals surface area contributed by atoms with Crippen molar-refractivity contribution >= 4 is 5.91 Å². The fraction of sp³-hybridized carbons (Fsp3) is 0.917. The van der Waals surface area contributed by atoms with Crippen LogP contribution >= 0.6 is 0 Å². The van der Waals surface area contributed by atoms with Gasteiger partial charge >= 0.3 is 0 Å². The number of amides is 1. The minimum Gasteiger partial charge on any atom is -0.384 e. The van der Waals surface area contributed by atoms with Crippen LogP contribution in [-0.2, 0) is 14.3 Å². The number of methoxy groups -OCH3 is 1. The first-order valence-electron chi connectivity index (χ1n) is 6.13. The molecule has 0 aromatic heterocycles. The van der Waals surface area contributed by atoms with Gasteiger partial charge in [0, 0.05) is 26.1 Å². The second-order valence-electron chi connectivity index (χ2n) is 4.85. The molecule has 0 saturated carbocycles. The van der Waals surface area contributed by atoms with E-state index in [0.717, 1.165) is 25.9 Å². The summed E-state index contributed by atoms with van der Waals surface area (Å²) in [5.74, 6) is 0.773. The zero-order chi connectivity index (χ0) is 11.5. The summed E-state index contributed by atoms with van der Waals surface area (Å²) in [6.07, 6.45) is 3.35. The van der Waals surface area contributed by atoms with Crippen molar-refractivity contribution in [1.82, 2.24) is 4.90 Å². The molecule has 0 N–H and O–H groups in total. The maximum absolute atomic E-state index is 11.8. The zero-order valence-corrected chi connectivity index (χ0v) is 10.1. The van der Waals surface area contributed by atoms with Gasteiger partial charge in [0.1, 0.15) is 0 Å². The van der Waals surface area contributed by atoms with Crippen LogP contribution in [0.15, 0.2) is 0 Å². The maximum atomic E-state index is 11.8. The number of fused-ring (bicyclic) bond motifs is 1. The summed E-state index contributed by atoms with van der Waals surface area (Å²) >= 11 is 0. The van der Waals surface area contributed by atoms with Crippen LogP contribution in [0.1, 0.15) is 26.2 Å². The van der Waals surface area contributed by atoms with E-state index in [9.17, 15) is 4.79 Å². The Labute approximate surface area is 96.9 Å². The zero-order valence-electron chi connectivity index (χ0n) is 10.1. The van der Waals surface area contributed by atoms with E-state index >= 15 is 0 Å². The molecule has 0 aliphatic carbocycles. The van der Waals surface area contributed by atoms with Gasteiger partial charge in [-0.2, -0.15) is 0 Å². The van der Waals surface area contributed by atoms with E-state index in [4.69, 9.17) is 9.47 Å². The van der Waals surface area contributed by atoms with Crippen LogP contribution in [0, 0.1) is 5.92 Å². The molecule has 2 aliphatic heterocycles. The second-order valence-corrected chi connectivity index (χ2v) is 4.85. The van der Waals surface area contributed by atoms with Gasteiger partial charge in [0.25, 0.3) is 0 Å². The molecule has 4 nitrogen and oxygen atoms in total. The molecule has 2 rings (SSSR count). The first-order chi connectivity index (χ1) is 7.70. The summed E-state index contributed by atoms with van der Waals surface area (Å²) < 4.78 is 10.7. The van der Waals surface area contributed by atoms with Crippen LogP contribution < -0.4 is 0 Å². The second kappa shape index (κ2) is 5.15. The lowest BCUT2D eigenvalue weighted by Gasteiger charge is -2.34. The molecule has 16 heavy (non-hydrogen) atoms. The Hall–Kier alpha value is -0.610. The number of carbonyl (C=O) groups excluding carboxylic acids is 1. The Kier molecular flexibility index (Phi) is 3.82. The molecule has 0 aromatic carbocycles. The molecule has 0 aromatic rings. The molecular formula is C12H21NO3. The average molecular weight is 227 g/mol. The van der Waals surface area contributed by atoms with Crippen molar-refractivity contribution in [3.05, 3.63) is 0 Å².